The molecule has 0 bridgehead atoms. The largest absolute Gasteiger partial charge is 0.381 e. The highest BCUT2D eigenvalue weighted by Gasteiger charge is 2.28. The second-order valence-corrected chi connectivity index (χ2v) is 9.57. The van der Waals surface area contributed by atoms with Crippen LogP contribution in [0, 0.1) is 0 Å². The van der Waals surface area contributed by atoms with Crippen LogP contribution < -0.4 is 0 Å². The summed E-state index contributed by atoms with van der Waals surface area (Å²) in [6, 6.07) is 0. The van der Waals surface area contributed by atoms with Gasteiger partial charge in [0.1, 0.15) is 0 Å². The fourth-order valence-electron chi connectivity index (χ4n) is 2.45. The van der Waals surface area contributed by atoms with E-state index in [1.54, 1.807) is 20.8 Å². The van der Waals surface area contributed by atoms with Gasteiger partial charge in [-0.25, -0.2) is 13.4 Å². The van der Waals surface area contributed by atoms with Crippen LogP contribution in [0.2, 0.25) is 0 Å². The molecule has 120 valence electrons. The van der Waals surface area contributed by atoms with Gasteiger partial charge in [-0.05, 0) is 40.0 Å². The summed E-state index contributed by atoms with van der Waals surface area (Å²) in [6.07, 6.45) is 6.54. The van der Waals surface area contributed by atoms with Gasteiger partial charge in [-0.1, -0.05) is 0 Å². The van der Waals surface area contributed by atoms with Crippen molar-refractivity contribution < 1.29 is 13.2 Å². The number of hydrogen-bond acceptors (Lipinski definition) is 4. The van der Waals surface area contributed by atoms with E-state index in [9.17, 15) is 8.42 Å². The molecule has 1 aromatic heterocycles. The zero-order valence-electron chi connectivity index (χ0n) is 13.2. The van der Waals surface area contributed by atoms with Crippen molar-refractivity contribution in [2.75, 3.05) is 19.0 Å². The van der Waals surface area contributed by atoms with E-state index in [0.29, 0.717) is 18.9 Å². The Bertz CT molecular complexity index is 552. The van der Waals surface area contributed by atoms with Crippen molar-refractivity contribution in [2.45, 2.75) is 57.2 Å². The number of sulfone groups is 1. The molecule has 0 unspecified atom stereocenters. The van der Waals surface area contributed by atoms with Crippen molar-refractivity contribution >= 4 is 9.84 Å². The van der Waals surface area contributed by atoms with E-state index in [-0.39, 0.29) is 5.75 Å². The highest BCUT2D eigenvalue weighted by atomic mass is 32.2. The van der Waals surface area contributed by atoms with E-state index in [1.165, 1.54) is 0 Å². The van der Waals surface area contributed by atoms with Crippen molar-refractivity contribution in [2.24, 2.45) is 0 Å². The van der Waals surface area contributed by atoms with Crippen molar-refractivity contribution in [1.82, 2.24) is 9.55 Å². The highest BCUT2D eigenvalue weighted by Crippen LogP contribution is 2.25. The minimum Gasteiger partial charge on any atom is -0.381 e. The fraction of sp³-hybridized carbons (Fsp3) is 0.800. The van der Waals surface area contributed by atoms with Crippen LogP contribution in [0.25, 0.3) is 0 Å². The smallest absolute Gasteiger partial charge is 0.155 e. The molecule has 1 aliphatic rings. The minimum atomic E-state index is -3.03. The first-order valence-corrected chi connectivity index (χ1v) is 9.26. The van der Waals surface area contributed by atoms with Gasteiger partial charge in [-0.15, -0.1) is 0 Å². The maximum Gasteiger partial charge on any atom is 0.155 e. The summed E-state index contributed by atoms with van der Waals surface area (Å²) >= 11 is 0. The molecule has 1 saturated heterocycles. The van der Waals surface area contributed by atoms with Crippen molar-refractivity contribution in [3.63, 3.8) is 0 Å². The lowest BCUT2D eigenvalue weighted by atomic mass is 9.97. The number of nitrogens with zero attached hydrogens (tertiary/aromatic N) is 2. The summed E-state index contributed by atoms with van der Waals surface area (Å²) in [5.74, 6) is 0.708. The van der Waals surface area contributed by atoms with Crippen LogP contribution in [0.3, 0.4) is 0 Å². The monoisotopic (exact) mass is 314 g/mol. The summed E-state index contributed by atoms with van der Waals surface area (Å²) in [5.41, 5.74) is 1.11. The Balaban J connectivity index is 1.86. The van der Waals surface area contributed by atoms with Gasteiger partial charge in [0.2, 0.25) is 0 Å². The van der Waals surface area contributed by atoms with E-state index < -0.39 is 14.6 Å². The first-order valence-electron chi connectivity index (χ1n) is 7.61. The topological polar surface area (TPSA) is 61.2 Å². The lowest BCUT2D eigenvalue weighted by Gasteiger charge is -2.20. The third kappa shape index (κ3) is 4.30. The van der Waals surface area contributed by atoms with E-state index >= 15 is 0 Å². The average Bonchev–Trinajstić information content (AvgIpc) is 2.87. The minimum absolute atomic E-state index is 0.223. The molecule has 1 fully saturated rings. The summed E-state index contributed by atoms with van der Waals surface area (Å²) < 4.78 is 30.8. The number of ether oxygens (including phenoxy) is 1. The van der Waals surface area contributed by atoms with Crippen molar-refractivity contribution in [3.8, 4) is 0 Å². The quantitative estimate of drug-likeness (QED) is 0.837. The summed E-state index contributed by atoms with van der Waals surface area (Å²) in [5, 5.41) is 0. The molecule has 0 saturated carbocycles. The van der Waals surface area contributed by atoms with Crippen molar-refractivity contribution in [3.05, 3.63) is 18.2 Å². The normalized spacial score (nSPS) is 18.0. The van der Waals surface area contributed by atoms with Gasteiger partial charge in [0.25, 0.3) is 0 Å². The van der Waals surface area contributed by atoms with E-state index in [0.717, 1.165) is 31.7 Å². The van der Waals surface area contributed by atoms with Gasteiger partial charge in [0.05, 0.1) is 22.5 Å². The second-order valence-electron chi connectivity index (χ2n) is 6.71. The van der Waals surface area contributed by atoms with Gasteiger partial charge < -0.3 is 9.30 Å². The molecule has 0 spiro atoms. The zero-order valence-corrected chi connectivity index (χ0v) is 14.0. The van der Waals surface area contributed by atoms with Crippen LogP contribution in [0.1, 0.15) is 51.6 Å². The molecule has 1 aliphatic heterocycles. The number of rotatable bonds is 5. The second kappa shape index (κ2) is 6.48. The molecule has 0 aromatic carbocycles. The number of aryl methyl sites for hydroxylation is 1. The third-order valence-electron chi connectivity index (χ3n) is 4.06. The molecule has 2 rings (SSSR count). The highest BCUT2D eigenvalue weighted by molar-refractivity contribution is 7.92. The van der Waals surface area contributed by atoms with Crippen LogP contribution in [-0.4, -0.2) is 41.7 Å². The summed E-state index contributed by atoms with van der Waals surface area (Å²) in [4.78, 5) is 4.46. The summed E-state index contributed by atoms with van der Waals surface area (Å²) in [7, 11) is -3.03. The van der Waals surface area contributed by atoms with E-state index in [2.05, 4.69) is 11.2 Å². The predicted octanol–water partition coefficient (Wildman–Crippen LogP) is 2.38. The molecule has 21 heavy (non-hydrogen) atoms. The SMILES string of the molecule is CC(C)(C)S(=O)(=O)CCCn1cnc(C2CCOCC2)c1. The van der Waals surface area contributed by atoms with Gasteiger partial charge >= 0.3 is 0 Å². The van der Waals surface area contributed by atoms with Crippen LogP contribution in [0.4, 0.5) is 0 Å². The molecule has 6 heteroatoms. The number of aromatic nitrogens is 2. The molecule has 0 amide bonds. The lowest BCUT2D eigenvalue weighted by Crippen LogP contribution is -2.30. The zero-order chi connectivity index (χ0) is 15.5. The molecule has 0 aliphatic carbocycles. The van der Waals surface area contributed by atoms with Gasteiger partial charge in [-0.3, -0.25) is 0 Å². The standard InChI is InChI=1S/C15H26N2O3S/c1-15(2,3)21(18,19)10-4-7-17-11-14(16-12-17)13-5-8-20-9-6-13/h11-13H,4-10H2,1-3H3. The molecule has 5 nitrogen and oxygen atoms in total. The predicted molar refractivity (Wildman–Crippen MR) is 83.2 cm³/mol. The molecular formula is C15H26N2O3S. The molecule has 0 atom stereocenters. The Morgan fingerprint density at radius 1 is 1.33 bits per heavy atom. The van der Waals surface area contributed by atoms with Gasteiger partial charge in [0, 0.05) is 31.9 Å². The number of imidazole rings is 1. The maximum atomic E-state index is 12.1. The Labute approximate surface area is 127 Å². The lowest BCUT2D eigenvalue weighted by molar-refractivity contribution is 0.0845. The Morgan fingerprint density at radius 2 is 2.00 bits per heavy atom. The molecular weight excluding hydrogens is 288 g/mol. The molecule has 0 N–H and O–H groups in total. The third-order valence-corrected chi connectivity index (χ3v) is 6.75. The van der Waals surface area contributed by atoms with Gasteiger partial charge in [-0.2, -0.15) is 0 Å². The van der Waals surface area contributed by atoms with E-state index in [1.807, 2.05) is 10.9 Å². The molecule has 2 heterocycles. The average molecular weight is 314 g/mol. The van der Waals surface area contributed by atoms with Crippen LogP contribution in [0.15, 0.2) is 12.5 Å². The Hall–Kier alpha value is -0.880. The maximum absolute atomic E-state index is 12.1. The summed E-state index contributed by atoms with van der Waals surface area (Å²) in [6.45, 7) is 7.57. The molecule has 0 radical (unpaired) electrons. The first-order chi connectivity index (χ1) is 9.79. The van der Waals surface area contributed by atoms with Crippen LogP contribution >= 0.6 is 0 Å². The van der Waals surface area contributed by atoms with Crippen LogP contribution in [0.5, 0.6) is 0 Å². The number of hydrogen-bond donors (Lipinski definition) is 0. The Kier molecular flexibility index (Phi) is 5.09. The van der Waals surface area contributed by atoms with Crippen LogP contribution in [-0.2, 0) is 21.1 Å². The fourth-order valence-corrected chi connectivity index (χ4v) is 3.57. The first kappa shape index (κ1) is 16.5. The van der Waals surface area contributed by atoms with E-state index in [4.69, 9.17) is 4.74 Å². The Morgan fingerprint density at radius 3 is 2.62 bits per heavy atom. The van der Waals surface area contributed by atoms with Crippen molar-refractivity contribution in [1.29, 1.82) is 0 Å². The molecule has 1 aromatic rings. The van der Waals surface area contributed by atoms with Gasteiger partial charge in [0.15, 0.2) is 9.84 Å².